The maximum Gasteiger partial charge on any atom is 0.305 e. The van der Waals surface area contributed by atoms with Crippen LogP contribution in [0.3, 0.4) is 0 Å². The molecule has 0 heterocycles. The van der Waals surface area contributed by atoms with Crippen molar-refractivity contribution in [1.82, 2.24) is 0 Å². The summed E-state index contributed by atoms with van der Waals surface area (Å²) in [6.07, 6.45) is 7.76. The predicted octanol–water partition coefficient (Wildman–Crippen LogP) is 3.93. The third-order valence-electron chi connectivity index (χ3n) is 10.9. The number of fused-ring (bicyclic) bond motifs is 5. The molecule has 0 aromatic heterocycles. The zero-order chi connectivity index (χ0) is 22.6. The van der Waals surface area contributed by atoms with Crippen molar-refractivity contribution in [2.75, 3.05) is 7.11 Å². The van der Waals surface area contributed by atoms with Crippen molar-refractivity contribution < 1.29 is 24.9 Å². The van der Waals surface area contributed by atoms with E-state index in [0.29, 0.717) is 36.0 Å². The summed E-state index contributed by atoms with van der Waals surface area (Å²) < 4.78 is 4.84. The number of esters is 1. The van der Waals surface area contributed by atoms with E-state index in [0.717, 1.165) is 57.8 Å². The van der Waals surface area contributed by atoms with Gasteiger partial charge < -0.3 is 20.1 Å². The van der Waals surface area contributed by atoms with Crippen molar-refractivity contribution in [3.8, 4) is 0 Å². The van der Waals surface area contributed by atoms with Crippen LogP contribution in [-0.2, 0) is 9.53 Å². The second-order valence-electron chi connectivity index (χ2n) is 11.7. The molecule has 0 aromatic rings. The molecule has 4 aliphatic carbocycles. The zero-order valence-electron chi connectivity index (χ0n) is 19.9. The van der Waals surface area contributed by atoms with E-state index < -0.39 is 0 Å². The van der Waals surface area contributed by atoms with Gasteiger partial charge in [-0.3, -0.25) is 4.79 Å². The first-order chi connectivity index (χ1) is 14.7. The van der Waals surface area contributed by atoms with E-state index in [9.17, 15) is 20.1 Å². The third kappa shape index (κ3) is 3.58. The molecule has 0 aliphatic heterocycles. The Hall–Kier alpha value is -0.650. The number of methoxy groups -OCH3 is 1. The zero-order valence-corrected chi connectivity index (χ0v) is 19.9. The van der Waals surface area contributed by atoms with Gasteiger partial charge >= 0.3 is 5.97 Å². The van der Waals surface area contributed by atoms with Gasteiger partial charge in [0.15, 0.2) is 0 Å². The fraction of sp³-hybridized carbons (Fsp3) is 0.962. The van der Waals surface area contributed by atoms with Crippen LogP contribution in [0.25, 0.3) is 0 Å². The molecule has 5 heteroatoms. The predicted molar refractivity (Wildman–Crippen MR) is 119 cm³/mol. The molecule has 4 saturated carbocycles. The van der Waals surface area contributed by atoms with E-state index >= 15 is 0 Å². The van der Waals surface area contributed by atoms with Crippen LogP contribution >= 0.6 is 0 Å². The van der Waals surface area contributed by atoms with Gasteiger partial charge in [-0.2, -0.15) is 0 Å². The van der Waals surface area contributed by atoms with Crippen molar-refractivity contribution >= 4 is 5.97 Å². The van der Waals surface area contributed by atoms with Crippen LogP contribution in [0, 0.1) is 46.3 Å². The molecular formula is C26H44O5. The van der Waals surface area contributed by atoms with Crippen LogP contribution in [0.4, 0.5) is 0 Å². The average molecular weight is 437 g/mol. The van der Waals surface area contributed by atoms with Gasteiger partial charge in [0.25, 0.3) is 0 Å². The van der Waals surface area contributed by atoms with Gasteiger partial charge in [0.1, 0.15) is 0 Å². The Labute approximate surface area is 187 Å². The molecular weight excluding hydrogens is 392 g/mol. The Morgan fingerprint density at radius 2 is 1.84 bits per heavy atom. The van der Waals surface area contributed by atoms with E-state index in [4.69, 9.17) is 4.74 Å². The minimum atomic E-state index is -0.368. The molecule has 4 fully saturated rings. The van der Waals surface area contributed by atoms with Gasteiger partial charge in [0.05, 0.1) is 25.4 Å². The van der Waals surface area contributed by atoms with Gasteiger partial charge in [-0.1, -0.05) is 20.8 Å². The smallest absolute Gasteiger partial charge is 0.305 e. The van der Waals surface area contributed by atoms with Crippen molar-refractivity contribution in [2.45, 2.75) is 103 Å². The topological polar surface area (TPSA) is 87.0 Å². The molecule has 3 N–H and O–H groups in total. The number of hydrogen-bond acceptors (Lipinski definition) is 5. The lowest BCUT2D eigenvalue weighted by atomic mass is 9.42. The summed E-state index contributed by atoms with van der Waals surface area (Å²) in [7, 11) is 1.44. The normalized spacial score (nSPS) is 50.2. The lowest BCUT2D eigenvalue weighted by Gasteiger charge is -2.64. The number of aliphatic hydroxyl groups excluding tert-OH is 3. The molecule has 0 saturated heterocycles. The number of ether oxygens (including phenoxy) is 1. The first-order valence-electron chi connectivity index (χ1n) is 12.8. The van der Waals surface area contributed by atoms with E-state index in [1.54, 1.807) is 0 Å². The first-order valence-corrected chi connectivity index (χ1v) is 12.8. The summed E-state index contributed by atoms with van der Waals surface area (Å²) in [5.74, 6) is 1.85. The SMILES string of the molecule is CC[C@]12CC[C@@H](O)C[C@H]1C[C@@H](O)C1C2C[C@H](O)[C@]2(C)[C@@H]([C@H](C)CCC(=O)OC)CC[C@@H]12. The molecule has 5 nitrogen and oxygen atoms in total. The Kier molecular flexibility index (Phi) is 6.53. The molecule has 178 valence electrons. The highest BCUT2D eigenvalue weighted by molar-refractivity contribution is 5.69. The van der Waals surface area contributed by atoms with Gasteiger partial charge in [-0.05, 0) is 104 Å². The van der Waals surface area contributed by atoms with E-state index in [2.05, 4.69) is 20.8 Å². The van der Waals surface area contributed by atoms with Crippen LogP contribution < -0.4 is 0 Å². The summed E-state index contributed by atoms with van der Waals surface area (Å²) in [6.45, 7) is 6.78. The van der Waals surface area contributed by atoms with Gasteiger partial charge in [0.2, 0.25) is 0 Å². The Morgan fingerprint density at radius 1 is 1.10 bits per heavy atom. The van der Waals surface area contributed by atoms with Crippen LogP contribution in [0.1, 0.15) is 85.0 Å². The highest BCUT2D eigenvalue weighted by Gasteiger charge is 2.66. The molecule has 4 rings (SSSR count). The highest BCUT2D eigenvalue weighted by atomic mass is 16.5. The summed E-state index contributed by atoms with van der Waals surface area (Å²) in [5.41, 5.74) is -0.0480. The van der Waals surface area contributed by atoms with Crippen molar-refractivity contribution in [1.29, 1.82) is 0 Å². The maximum atomic E-state index is 11.7. The first kappa shape index (κ1) is 23.5. The monoisotopic (exact) mass is 436 g/mol. The standard InChI is InChI=1S/C26H44O5/c1-5-26-11-10-17(27)12-16(26)13-21(28)24-19-8-7-18(15(2)6-9-23(30)31-4)25(19,3)22(29)14-20(24)26/h15-22,24,27-29H,5-14H2,1-4H3/t15-,16+,17-,18-,19+,20?,21-,22+,24?,25-,26+/m1/s1. The van der Waals surface area contributed by atoms with E-state index in [1.165, 1.54) is 7.11 Å². The number of rotatable bonds is 5. The van der Waals surface area contributed by atoms with Crippen molar-refractivity contribution in [3.63, 3.8) is 0 Å². The lowest BCUT2D eigenvalue weighted by molar-refractivity contribution is -0.212. The second kappa shape index (κ2) is 8.61. The van der Waals surface area contributed by atoms with Gasteiger partial charge in [0, 0.05) is 6.42 Å². The summed E-state index contributed by atoms with van der Waals surface area (Å²) in [6, 6.07) is 0. The number of carbonyl (C=O) groups is 1. The molecule has 0 amide bonds. The minimum Gasteiger partial charge on any atom is -0.469 e. The molecule has 0 radical (unpaired) electrons. The minimum absolute atomic E-state index is 0.153. The molecule has 31 heavy (non-hydrogen) atoms. The summed E-state index contributed by atoms with van der Waals surface area (Å²) in [4.78, 5) is 11.7. The van der Waals surface area contributed by atoms with E-state index in [1.807, 2.05) is 0 Å². The van der Waals surface area contributed by atoms with Crippen LogP contribution in [0.15, 0.2) is 0 Å². The molecule has 0 aromatic carbocycles. The number of aliphatic hydroxyl groups is 3. The number of hydrogen-bond donors (Lipinski definition) is 3. The van der Waals surface area contributed by atoms with Gasteiger partial charge in [-0.25, -0.2) is 0 Å². The van der Waals surface area contributed by atoms with E-state index in [-0.39, 0.29) is 41.0 Å². The fourth-order valence-electron chi connectivity index (χ4n) is 9.31. The Balaban J connectivity index is 1.60. The van der Waals surface area contributed by atoms with Crippen LogP contribution in [-0.4, -0.2) is 46.7 Å². The summed E-state index contributed by atoms with van der Waals surface area (Å²) in [5, 5.41) is 33.4. The van der Waals surface area contributed by atoms with Crippen LogP contribution in [0.5, 0.6) is 0 Å². The maximum absolute atomic E-state index is 11.7. The largest absolute Gasteiger partial charge is 0.469 e. The Morgan fingerprint density at radius 3 is 2.52 bits per heavy atom. The summed E-state index contributed by atoms with van der Waals surface area (Å²) >= 11 is 0. The average Bonchev–Trinajstić information content (AvgIpc) is 3.10. The molecule has 11 atom stereocenters. The van der Waals surface area contributed by atoms with Gasteiger partial charge in [-0.15, -0.1) is 0 Å². The molecule has 0 spiro atoms. The molecule has 0 bridgehead atoms. The number of carbonyl (C=O) groups excluding carboxylic acids is 1. The fourth-order valence-corrected chi connectivity index (χ4v) is 9.31. The third-order valence-corrected chi connectivity index (χ3v) is 10.9. The molecule has 2 unspecified atom stereocenters. The second-order valence-corrected chi connectivity index (χ2v) is 11.7. The molecule has 4 aliphatic rings. The van der Waals surface area contributed by atoms with Crippen LogP contribution in [0.2, 0.25) is 0 Å². The highest BCUT2D eigenvalue weighted by Crippen LogP contribution is 2.69. The lowest BCUT2D eigenvalue weighted by Crippen LogP contribution is -2.63. The quantitative estimate of drug-likeness (QED) is 0.569. The van der Waals surface area contributed by atoms with Crippen molar-refractivity contribution in [2.24, 2.45) is 46.3 Å². The Bertz CT molecular complexity index is 666. The van der Waals surface area contributed by atoms with Crippen molar-refractivity contribution in [3.05, 3.63) is 0 Å².